The highest BCUT2D eigenvalue weighted by Crippen LogP contribution is 2.33. The van der Waals surface area contributed by atoms with Gasteiger partial charge < -0.3 is 14.2 Å². The van der Waals surface area contributed by atoms with Crippen molar-refractivity contribution >= 4 is 0 Å². The first-order valence-corrected chi connectivity index (χ1v) is 9.74. The smallest absolute Gasteiger partial charge is 0.0500 e. The second-order valence-electron chi connectivity index (χ2n) is 6.84. The first-order valence-electron chi connectivity index (χ1n) is 9.74. The van der Waals surface area contributed by atoms with Crippen molar-refractivity contribution in [2.24, 2.45) is 5.41 Å². The summed E-state index contributed by atoms with van der Waals surface area (Å²) in [6.07, 6.45) is 14.1. The third-order valence-corrected chi connectivity index (χ3v) is 4.39. The zero-order valence-electron chi connectivity index (χ0n) is 16.5. The maximum Gasteiger partial charge on any atom is 0.0500 e. The van der Waals surface area contributed by atoms with Crippen LogP contribution in [0.15, 0.2) is 38.0 Å². The molecule has 0 fully saturated rings. The van der Waals surface area contributed by atoms with Gasteiger partial charge in [-0.05, 0) is 56.8 Å². The molecule has 0 aliphatic heterocycles. The fraction of sp³-hybridized carbons (Fsp3) is 0.727. The Morgan fingerprint density at radius 2 is 1.00 bits per heavy atom. The molecule has 0 heterocycles. The molecule has 0 spiro atoms. The fourth-order valence-corrected chi connectivity index (χ4v) is 2.70. The summed E-state index contributed by atoms with van der Waals surface area (Å²) in [6, 6.07) is 0. The summed E-state index contributed by atoms with van der Waals surface area (Å²) < 4.78 is 17.0. The van der Waals surface area contributed by atoms with Gasteiger partial charge in [0.2, 0.25) is 0 Å². The lowest BCUT2D eigenvalue weighted by molar-refractivity contribution is 0.0722. The van der Waals surface area contributed by atoms with Crippen LogP contribution in [0.25, 0.3) is 0 Å². The monoisotopic (exact) mass is 352 g/mol. The van der Waals surface area contributed by atoms with Crippen LogP contribution in [0.3, 0.4) is 0 Å². The van der Waals surface area contributed by atoms with Gasteiger partial charge in [0.05, 0.1) is 0 Å². The molecule has 25 heavy (non-hydrogen) atoms. The Bertz CT molecular complexity index is 305. The van der Waals surface area contributed by atoms with Crippen LogP contribution in [0.1, 0.15) is 58.3 Å². The van der Waals surface area contributed by atoms with Crippen LogP contribution >= 0.6 is 0 Å². The number of ether oxygens (including phenoxy) is 3. The zero-order chi connectivity index (χ0) is 18.6. The van der Waals surface area contributed by atoms with Crippen molar-refractivity contribution in [1.82, 2.24) is 0 Å². The zero-order valence-corrected chi connectivity index (χ0v) is 16.5. The van der Waals surface area contributed by atoms with E-state index in [0.717, 1.165) is 78.2 Å². The minimum Gasteiger partial charge on any atom is -0.381 e. The van der Waals surface area contributed by atoms with E-state index in [-0.39, 0.29) is 5.41 Å². The third kappa shape index (κ3) is 16.3. The highest BCUT2D eigenvalue weighted by Gasteiger charge is 2.23. The summed E-state index contributed by atoms with van der Waals surface area (Å²) in [5.41, 5.74) is 0.289. The van der Waals surface area contributed by atoms with Gasteiger partial charge in [-0.3, -0.25) is 0 Å². The Morgan fingerprint density at radius 3 is 1.40 bits per heavy atom. The van der Waals surface area contributed by atoms with Crippen LogP contribution in [0, 0.1) is 5.41 Å². The molecule has 0 bridgehead atoms. The summed E-state index contributed by atoms with van der Waals surface area (Å²) in [7, 11) is 0. The lowest BCUT2D eigenvalue weighted by Gasteiger charge is -2.30. The molecule has 0 saturated heterocycles. The van der Waals surface area contributed by atoms with Crippen LogP contribution in [0.5, 0.6) is 0 Å². The van der Waals surface area contributed by atoms with Crippen molar-refractivity contribution in [3.63, 3.8) is 0 Å². The molecule has 3 heteroatoms. The van der Waals surface area contributed by atoms with E-state index in [1.807, 2.05) is 18.2 Å². The van der Waals surface area contributed by atoms with Crippen LogP contribution in [0.4, 0.5) is 0 Å². The first kappa shape index (κ1) is 24.1. The van der Waals surface area contributed by atoms with Gasteiger partial charge in [0.1, 0.15) is 0 Å². The van der Waals surface area contributed by atoms with E-state index in [4.69, 9.17) is 14.2 Å². The molecule has 0 aromatic heterocycles. The van der Waals surface area contributed by atoms with Crippen LogP contribution in [-0.4, -0.2) is 39.6 Å². The molecule has 0 saturated carbocycles. The van der Waals surface area contributed by atoms with Crippen molar-refractivity contribution in [2.45, 2.75) is 58.3 Å². The Kier molecular flexibility index (Phi) is 17.3. The number of hydrogen-bond donors (Lipinski definition) is 0. The number of hydrogen-bond acceptors (Lipinski definition) is 3. The lowest BCUT2D eigenvalue weighted by Crippen LogP contribution is -2.21. The fourth-order valence-electron chi connectivity index (χ4n) is 2.70. The third-order valence-electron chi connectivity index (χ3n) is 4.39. The van der Waals surface area contributed by atoms with Gasteiger partial charge in [-0.25, -0.2) is 0 Å². The molecule has 0 N–H and O–H groups in total. The van der Waals surface area contributed by atoms with Crippen molar-refractivity contribution in [3.05, 3.63) is 38.0 Å². The van der Waals surface area contributed by atoms with Crippen molar-refractivity contribution in [2.75, 3.05) is 39.6 Å². The van der Waals surface area contributed by atoms with Gasteiger partial charge in [-0.2, -0.15) is 0 Å². The van der Waals surface area contributed by atoms with E-state index in [1.54, 1.807) is 0 Å². The van der Waals surface area contributed by atoms with Gasteiger partial charge in [0.25, 0.3) is 0 Å². The second-order valence-corrected chi connectivity index (χ2v) is 6.84. The largest absolute Gasteiger partial charge is 0.381 e. The Hall–Kier alpha value is -0.900. The van der Waals surface area contributed by atoms with Crippen LogP contribution < -0.4 is 0 Å². The molecule has 3 nitrogen and oxygen atoms in total. The van der Waals surface area contributed by atoms with Gasteiger partial charge in [0.15, 0.2) is 0 Å². The predicted molar refractivity (Wildman–Crippen MR) is 108 cm³/mol. The standard InChI is InChI=1S/C22H40O3/c1-5-8-16-23-19-11-13-22(4,15-21-25-18-10-7-3)14-12-20-24-17-9-6-2/h5-7H,1-3,8-21H2,4H3. The molecule has 0 unspecified atom stereocenters. The van der Waals surface area contributed by atoms with Gasteiger partial charge >= 0.3 is 0 Å². The van der Waals surface area contributed by atoms with Gasteiger partial charge in [-0.15, -0.1) is 19.7 Å². The lowest BCUT2D eigenvalue weighted by atomic mass is 9.78. The average molecular weight is 353 g/mol. The molecule has 0 aromatic carbocycles. The molecule has 0 rings (SSSR count). The van der Waals surface area contributed by atoms with E-state index in [2.05, 4.69) is 26.7 Å². The molecule has 0 aromatic rings. The summed E-state index contributed by atoms with van der Waals surface area (Å²) in [4.78, 5) is 0. The topological polar surface area (TPSA) is 27.7 Å². The quantitative estimate of drug-likeness (QED) is 0.207. The highest BCUT2D eigenvalue weighted by molar-refractivity contribution is 4.75. The minimum atomic E-state index is 0.289. The van der Waals surface area contributed by atoms with Crippen molar-refractivity contribution in [3.8, 4) is 0 Å². The Labute approximate surface area is 156 Å². The normalized spacial score (nSPS) is 11.4. The summed E-state index contributed by atoms with van der Waals surface area (Å²) in [5, 5.41) is 0. The molecule has 0 amide bonds. The molecular weight excluding hydrogens is 312 g/mol. The summed E-state index contributed by atoms with van der Waals surface area (Å²) in [6.45, 7) is 18.3. The van der Waals surface area contributed by atoms with E-state index < -0.39 is 0 Å². The molecule has 146 valence electrons. The van der Waals surface area contributed by atoms with E-state index in [9.17, 15) is 0 Å². The second kappa shape index (κ2) is 17.9. The van der Waals surface area contributed by atoms with E-state index >= 15 is 0 Å². The summed E-state index contributed by atoms with van der Waals surface area (Å²) >= 11 is 0. The number of rotatable bonds is 20. The molecule has 0 aliphatic carbocycles. The first-order chi connectivity index (χ1) is 12.2. The van der Waals surface area contributed by atoms with E-state index in [0.29, 0.717) is 0 Å². The maximum absolute atomic E-state index is 5.73. The minimum absolute atomic E-state index is 0.289. The van der Waals surface area contributed by atoms with Gasteiger partial charge in [-0.1, -0.05) is 25.2 Å². The van der Waals surface area contributed by atoms with E-state index in [1.165, 1.54) is 12.8 Å². The Balaban J connectivity index is 4.06. The molecule has 0 aliphatic rings. The SMILES string of the molecule is C=CCCOCCCC(C)(CCCOCCC=C)CCOCCC=C. The Morgan fingerprint density at radius 1 is 0.600 bits per heavy atom. The predicted octanol–water partition coefficient (Wildman–Crippen LogP) is 5.72. The molecule has 0 radical (unpaired) electrons. The molecular formula is C22H40O3. The van der Waals surface area contributed by atoms with Crippen molar-refractivity contribution in [1.29, 1.82) is 0 Å². The average Bonchev–Trinajstić information content (AvgIpc) is 2.61. The van der Waals surface area contributed by atoms with Crippen LogP contribution in [0.2, 0.25) is 0 Å². The van der Waals surface area contributed by atoms with Crippen molar-refractivity contribution < 1.29 is 14.2 Å². The maximum atomic E-state index is 5.73. The van der Waals surface area contributed by atoms with Gasteiger partial charge in [0, 0.05) is 39.6 Å². The molecule has 0 atom stereocenters. The van der Waals surface area contributed by atoms with Crippen LogP contribution in [-0.2, 0) is 14.2 Å². The summed E-state index contributed by atoms with van der Waals surface area (Å²) in [5.74, 6) is 0. The highest BCUT2D eigenvalue weighted by atomic mass is 16.5.